The minimum atomic E-state index is -0.935. The number of aliphatic carboxylic acids is 1. The highest BCUT2D eigenvalue weighted by atomic mass is 32.1. The van der Waals surface area contributed by atoms with Gasteiger partial charge in [0, 0.05) is 24.0 Å². The van der Waals surface area contributed by atoms with E-state index in [0.717, 1.165) is 16.3 Å². The van der Waals surface area contributed by atoms with Crippen LogP contribution in [0, 0.1) is 0 Å². The average Bonchev–Trinajstić information content (AvgIpc) is 3.11. The maximum absolute atomic E-state index is 12.6. The van der Waals surface area contributed by atoms with Crippen molar-refractivity contribution in [1.82, 2.24) is 9.88 Å². The summed E-state index contributed by atoms with van der Waals surface area (Å²) in [4.78, 5) is 29.5. The van der Waals surface area contributed by atoms with Gasteiger partial charge in [-0.3, -0.25) is 9.59 Å². The van der Waals surface area contributed by atoms with Crippen LogP contribution in [-0.4, -0.2) is 59.8 Å². The Bertz CT molecular complexity index is 759. The van der Waals surface area contributed by atoms with E-state index in [0.29, 0.717) is 18.8 Å². The van der Waals surface area contributed by atoms with Gasteiger partial charge < -0.3 is 19.5 Å². The molecule has 1 unspecified atom stereocenters. The number of carbonyl (C=O) groups excluding carboxylic acids is 1. The predicted molar refractivity (Wildman–Crippen MR) is 92.0 cm³/mol. The molecule has 1 aliphatic rings. The van der Waals surface area contributed by atoms with Gasteiger partial charge in [0.05, 0.1) is 26.2 Å². The van der Waals surface area contributed by atoms with Gasteiger partial charge in [-0.25, -0.2) is 4.98 Å². The van der Waals surface area contributed by atoms with Crippen LogP contribution in [0.5, 0.6) is 5.75 Å². The number of methoxy groups -OCH3 is 1. The van der Waals surface area contributed by atoms with Gasteiger partial charge in [0.25, 0.3) is 5.91 Å². The standard InChI is InChI=1S/C17H18N2O5S/c1-23-12-4-2-11(3-5-12)16-18-14(10-25-16)17(22)19-6-7-24-13(9-19)8-15(20)21/h2-5,10,13H,6-9H2,1H3,(H,20,21). The van der Waals surface area contributed by atoms with Gasteiger partial charge in [0.1, 0.15) is 16.5 Å². The van der Waals surface area contributed by atoms with Crippen LogP contribution in [0.4, 0.5) is 0 Å². The molecule has 0 spiro atoms. The van der Waals surface area contributed by atoms with Gasteiger partial charge in [-0.05, 0) is 24.3 Å². The summed E-state index contributed by atoms with van der Waals surface area (Å²) in [6.07, 6.45) is -0.590. The Morgan fingerprint density at radius 2 is 2.16 bits per heavy atom. The van der Waals surface area contributed by atoms with Crippen LogP contribution in [0.1, 0.15) is 16.9 Å². The van der Waals surface area contributed by atoms with E-state index in [1.807, 2.05) is 24.3 Å². The van der Waals surface area contributed by atoms with Crippen LogP contribution in [-0.2, 0) is 9.53 Å². The fourth-order valence-corrected chi connectivity index (χ4v) is 3.42. The number of nitrogens with zero attached hydrogens (tertiary/aromatic N) is 2. The van der Waals surface area contributed by atoms with Crippen molar-refractivity contribution < 1.29 is 24.2 Å². The van der Waals surface area contributed by atoms with Gasteiger partial charge >= 0.3 is 5.97 Å². The minimum Gasteiger partial charge on any atom is -0.497 e. The number of ether oxygens (including phenoxy) is 2. The van der Waals surface area contributed by atoms with Gasteiger partial charge in [0.2, 0.25) is 0 Å². The fraction of sp³-hybridized carbons (Fsp3) is 0.353. The zero-order valence-electron chi connectivity index (χ0n) is 13.7. The molecule has 2 heterocycles. The van der Waals surface area contributed by atoms with E-state index in [1.54, 1.807) is 17.4 Å². The summed E-state index contributed by atoms with van der Waals surface area (Å²) >= 11 is 1.40. The molecule has 132 valence electrons. The van der Waals surface area contributed by atoms with E-state index in [9.17, 15) is 9.59 Å². The van der Waals surface area contributed by atoms with Crippen LogP contribution < -0.4 is 4.74 Å². The molecular formula is C17H18N2O5S. The van der Waals surface area contributed by atoms with Crippen LogP contribution in [0.2, 0.25) is 0 Å². The number of benzene rings is 1. The van der Waals surface area contributed by atoms with Gasteiger partial charge in [0.15, 0.2) is 0 Å². The predicted octanol–water partition coefficient (Wildman–Crippen LogP) is 2.13. The Morgan fingerprint density at radius 1 is 1.40 bits per heavy atom. The number of carboxylic acids is 1. The molecule has 0 bridgehead atoms. The number of carbonyl (C=O) groups is 2. The fourth-order valence-electron chi connectivity index (χ4n) is 2.62. The molecule has 8 heteroatoms. The smallest absolute Gasteiger partial charge is 0.306 e. The molecule has 3 rings (SSSR count). The molecule has 1 aromatic heterocycles. The lowest BCUT2D eigenvalue weighted by atomic mass is 10.2. The van der Waals surface area contributed by atoms with Crippen molar-refractivity contribution >= 4 is 23.2 Å². The first-order valence-electron chi connectivity index (χ1n) is 7.79. The number of rotatable bonds is 5. The molecule has 25 heavy (non-hydrogen) atoms. The zero-order chi connectivity index (χ0) is 17.8. The number of amides is 1. The quantitative estimate of drug-likeness (QED) is 0.877. The number of hydrogen-bond donors (Lipinski definition) is 1. The molecule has 1 N–H and O–H groups in total. The normalized spacial score (nSPS) is 17.3. The molecule has 1 atom stereocenters. The van der Waals surface area contributed by atoms with Crippen molar-refractivity contribution in [1.29, 1.82) is 0 Å². The highest BCUT2D eigenvalue weighted by Gasteiger charge is 2.27. The second-order valence-electron chi connectivity index (χ2n) is 5.61. The van der Waals surface area contributed by atoms with Gasteiger partial charge in [-0.1, -0.05) is 0 Å². The second kappa shape index (κ2) is 7.62. The maximum atomic E-state index is 12.6. The van der Waals surface area contributed by atoms with Crippen molar-refractivity contribution in [2.45, 2.75) is 12.5 Å². The number of morpholine rings is 1. The Hall–Kier alpha value is -2.45. The Balaban J connectivity index is 1.70. The van der Waals surface area contributed by atoms with Crippen molar-refractivity contribution in [3.8, 4) is 16.3 Å². The first-order valence-corrected chi connectivity index (χ1v) is 8.67. The minimum absolute atomic E-state index is 0.113. The number of hydrogen-bond acceptors (Lipinski definition) is 6. The molecule has 1 aliphatic heterocycles. The van der Waals surface area contributed by atoms with Crippen molar-refractivity contribution in [3.63, 3.8) is 0 Å². The van der Waals surface area contributed by atoms with Gasteiger partial charge in [-0.2, -0.15) is 0 Å². The zero-order valence-corrected chi connectivity index (χ0v) is 14.5. The SMILES string of the molecule is COc1ccc(-c2nc(C(=O)N3CCOC(CC(=O)O)C3)cs2)cc1. The first-order chi connectivity index (χ1) is 12.1. The largest absolute Gasteiger partial charge is 0.497 e. The summed E-state index contributed by atoms with van der Waals surface area (Å²) in [5.41, 5.74) is 1.28. The topological polar surface area (TPSA) is 89.0 Å². The van der Waals surface area contributed by atoms with Crippen molar-refractivity contribution in [3.05, 3.63) is 35.3 Å². The molecule has 1 amide bonds. The lowest BCUT2D eigenvalue weighted by molar-refractivity contribution is -0.141. The molecular weight excluding hydrogens is 344 g/mol. The third kappa shape index (κ3) is 4.15. The molecule has 0 aliphatic carbocycles. The van der Waals surface area contributed by atoms with E-state index in [1.165, 1.54) is 11.3 Å². The highest BCUT2D eigenvalue weighted by molar-refractivity contribution is 7.13. The average molecular weight is 362 g/mol. The summed E-state index contributed by atoms with van der Waals surface area (Å²) in [5, 5.41) is 11.3. The van der Waals surface area contributed by atoms with Crippen molar-refractivity contribution in [2.75, 3.05) is 26.8 Å². The van der Waals surface area contributed by atoms with E-state index < -0.39 is 12.1 Å². The third-order valence-electron chi connectivity index (χ3n) is 3.89. The van der Waals surface area contributed by atoms with Crippen LogP contribution in [0.25, 0.3) is 10.6 Å². The van der Waals surface area contributed by atoms with Crippen LogP contribution in [0.3, 0.4) is 0 Å². The number of thiazole rings is 1. The summed E-state index contributed by atoms with van der Waals surface area (Å²) in [6, 6.07) is 7.47. The molecule has 0 radical (unpaired) electrons. The molecule has 7 nitrogen and oxygen atoms in total. The Kier molecular flexibility index (Phi) is 5.30. The molecule has 2 aromatic rings. The molecule has 0 saturated carbocycles. The summed E-state index contributed by atoms with van der Waals surface area (Å²) < 4.78 is 10.5. The maximum Gasteiger partial charge on any atom is 0.306 e. The molecule has 1 saturated heterocycles. The van der Waals surface area contributed by atoms with E-state index in [2.05, 4.69) is 4.98 Å². The summed E-state index contributed by atoms with van der Waals surface area (Å²) in [7, 11) is 1.61. The summed E-state index contributed by atoms with van der Waals surface area (Å²) in [6.45, 7) is 1.03. The monoisotopic (exact) mass is 362 g/mol. The van der Waals surface area contributed by atoms with Crippen LogP contribution >= 0.6 is 11.3 Å². The lowest BCUT2D eigenvalue weighted by Crippen LogP contribution is -2.46. The van der Waals surface area contributed by atoms with Crippen molar-refractivity contribution in [2.24, 2.45) is 0 Å². The highest BCUT2D eigenvalue weighted by Crippen LogP contribution is 2.26. The summed E-state index contributed by atoms with van der Waals surface area (Å²) in [5.74, 6) is -0.376. The number of aromatic nitrogens is 1. The van der Waals surface area contributed by atoms with E-state index in [4.69, 9.17) is 14.6 Å². The molecule has 1 fully saturated rings. The molecule has 1 aromatic carbocycles. The van der Waals surface area contributed by atoms with Gasteiger partial charge in [-0.15, -0.1) is 11.3 Å². The van der Waals surface area contributed by atoms with Crippen LogP contribution in [0.15, 0.2) is 29.6 Å². The lowest BCUT2D eigenvalue weighted by Gasteiger charge is -2.31. The Morgan fingerprint density at radius 3 is 2.84 bits per heavy atom. The number of carboxylic acid groups (broad SMARTS) is 1. The van der Waals surface area contributed by atoms with E-state index >= 15 is 0 Å². The first kappa shape index (κ1) is 17.4. The second-order valence-corrected chi connectivity index (χ2v) is 6.47. The van der Waals surface area contributed by atoms with E-state index in [-0.39, 0.29) is 18.9 Å². The Labute approximate surface area is 148 Å². The third-order valence-corrected chi connectivity index (χ3v) is 4.78.